The molecule has 0 fully saturated rings. The minimum atomic E-state index is -1.65. The van der Waals surface area contributed by atoms with Crippen LogP contribution in [0.4, 0.5) is 0 Å². The molecule has 0 saturated carbocycles. The Balaban J connectivity index is 1.41. The third-order valence-electron chi connectivity index (χ3n) is 17.4. The second-order valence-corrected chi connectivity index (χ2v) is 21.2. The molecule has 8 atom stereocenters. The Kier molecular flexibility index (Phi) is 14.1. The quantitative estimate of drug-likeness (QED) is 0.0637. The van der Waals surface area contributed by atoms with E-state index in [1.54, 1.807) is 12.1 Å². The molecule has 3 aromatic rings. The lowest BCUT2D eigenvalue weighted by atomic mass is 9.50. The number of hydrogen-bond donors (Lipinski definition) is 0. The van der Waals surface area contributed by atoms with Crippen molar-refractivity contribution in [3.8, 4) is 0 Å². The van der Waals surface area contributed by atoms with E-state index in [9.17, 15) is 0 Å². The van der Waals surface area contributed by atoms with E-state index in [1.807, 2.05) is 38.1 Å². The van der Waals surface area contributed by atoms with Crippen molar-refractivity contribution < 1.29 is 38.2 Å². The molecule has 0 spiro atoms. The van der Waals surface area contributed by atoms with Crippen LogP contribution in [0.25, 0.3) is 0 Å². The van der Waals surface area contributed by atoms with Crippen LogP contribution in [-0.4, -0.2) is 59.1 Å². The van der Waals surface area contributed by atoms with Gasteiger partial charge in [-0.05, 0) is 110 Å². The third-order valence-corrected chi connectivity index (χ3v) is 17.4. The second kappa shape index (κ2) is 19.8. The van der Waals surface area contributed by atoms with Gasteiger partial charge in [-0.3, -0.25) is 28.8 Å². The van der Waals surface area contributed by atoms with Crippen molar-refractivity contribution in [1.82, 2.24) is 0 Å². The minimum absolute atomic E-state index is 0.131. The highest BCUT2D eigenvalue weighted by Gasteiger charge is 2.67. The Morgan fingerprint density at radius 1 is 0.368 bits per heavy atom. The summed E-state index contributed by atoms with van der Waals surface area (Å²) in [7, 11) is 0. The van der Waals surface area contributed by atoms with Gasteiger partial charge in [-0.15, -0.1) is 0 Å². The first-order chi connectivity index (χ1) is 33.0. The molecular formula is C60H74O8. The maximum atomic E-state index is 16.3. The molecule has 0 aromatic heterocycles. The molecule has 0 aliphatic heterocycles. The zero-order valence-corrected chi connectivity index (χ0v) is 41.8. The number of hydrogen-bond acceptors (Lipinski definition) is 8. The van der Waals surface area contributed by atoms with Crippen LogP contribution in [0.2, 0.25) is 0 Å². The summed E-state index contributed by atoms with van der Waals surface area (Å²) in [4.78, 5) is 95.6. The van der Waals surface area contributed by atoms with Gasteiger partial charge in [-0.2, -0.15) is 0 Å². The van der Waals surface area contributed by atoms with Crippen molar-refractivity contribution in [2.45, 2.75) is 205 Å². The number of carbonyl (C=O) groups is 6. The number of benzene rings is 3. The van der Waals surface area contributed by atoms with Crippen molar-refractivity contribution in [1.29, 1.82) is 0 Å². The summed E-state index contributed by atoms with van der Waals surface area (Å²) in [5.74, 6) is -5.80. The lowest BCUT2D eigenvalue weighted by Crippen LogP contribution is -2.64. The number of unbranched alkanes of at least 4 members (excludes halogenated alkanes) is 12. The minimum Gasteiger partial charge on any atom is -0.366 e. The molecule has 8 rings (SSSR count). The first kappa shape index (κ1) is 48.6. The molecule has 0 heterocycles. The van der Waals surface area contributed by atoms with E-state index < -0.39 is 46.7 Å². The molecular weight excluding hydrogens is 849 g/mol. The maximum Gasteiger partial charge on any atom is 0.196 e. The molecule has 0 amide bonds. The zero-order valence-electron chi connectivity index (χ0n) is 41.8. The largest absolute Gasteiger partial charge is 0.366 e. The van der Waals surface area contributed by atoms with Gasteiger partial charge in [0.2, 0.25) is 0 Å². The molecule has 8 heteroatoms. The summed E-state index contributed by atoms with van der Waals surface area (Å²) < 4.78 is 14.0. The van der Waals surface area contributed by atoms with Crippen molar-refractivity contribution in [3.05, 3.63) is 103 Å². The number of ether oxygens (including phenoxy) is 2. The molecule has 0 bridgehead atoms. The van der Waals surface area contributed by atoms with Gasteiger partial charge in [0.25, 0.3) is 0 Å². The highest BCUT2D eigenvalue weighted by Crippen LogP contribution is 2.62. The first-order valence-corrected chi connectivity index (χ1v) is 27.1. The maximum absolute atomic E-state index is 16.3. The molecule has 8 nitrogen and oxygen atoms in total. The van der Waals surface area contributed by atoms with E-state index in [0.29, 0.717) is 47.9 Å². The van der Waals surface area contributed by atoms with E-state index in [2.05, 4.69) is 27.7 Å². The zero-order chi connectivity index (χ0) is 48.1. The standard InChI is InChI=1S/C60H74O8/c1-7-13-17-21-25-35-37-29-41-43-31-39(37)49(27-23-19-15-9-3)59(67-11-5)51(35)55(63)45-33-46-48(34-47(45)57(59)65)58(66)60(68-12-6)50(28-24-20-16-10-4)40-32-44(54(43)62)42(53(41)61)30-38(40)36(52(60)56(46)64)26-22-18-14-8-2/h29-36,49-52H,7-28H2,1-6H3/t35-,36-,49+,50+,51?,52?,59?,60?/m1/s1. The predicted octanol–water partition coefficient (Wildman–Crippen LogP) is 14.0. The van der Waals surface area contributed by atoms with Crippen molar-refractivity contribution >= 4 is 34.7 Å². The summed E-state index contributed by atoms with van der Waals surface area (Å²) in [5.41, 5.74) is 1.97. The van der Waals surface area contributed by atoms with Gasteiger partial charge >= 0.3 is 0 Å². The average Bonchev–Trinajstić information content (AvgIpc) is 3.34. The van der Waals surface area contributed by atoms with Crippen LogP contribution in [-0.2, 0) is 9.47 Å². The average molecular weight is 923 g/mol. The van der Waals surface area contributed by atoms with E-state index in [1.165, 1.54) is 0 Å². The Morgan fingerprint density at radius 2 is 0.691 bits per heavy atom. The summed E-state index contributed by atoms with van der Waals surface area (Å²) in [6.45, 7) is 12.7. The molecule has 5 aliphatic carbocycles. The monoisotopic (exact) mass is 923 g/mol. The molecule has 0 N–H and O–H groups in total. The predicted molar refractivity (Wildman–Crippen MR) is 265 cm³/mol. The molecule has 0 radical (unpaired) electrons. The fraction of sp³-hybridized carbons (Fsp3) is 0.600. The van der Waals surface area contributed by atoms with Crippen LogP contribution in [0.3, 0.4) is 0 Å². The van der Waals surface area contributed by atoms with Gasteiger partial charge in [-0.25, -0.2) is 0 Å². The van der Waals surface area contributed by atoms with Gasteiger partial charge in [-0.1, -0.05) is 130 Å². The highest BCUT2D eigenvalue weighted by molar-refractivity contribution is 6.30. The number of ketones is 6. The number of Topliss-reactive ketones (excluding diaryl/α,β-unsaturated/α-hetero) is 4. The number of fused-ring (bicyclic) bond motifs is 8. The lowest BCUT2D eigenvalue weighted by molar-refractivity contribution is -0.0812. The molecule has 0 saturated heterocycles. The van der Waals surface area contributed by atoms with E-state index >= 15 is 28.8 Å². The summed E-state index contributed by atoms with van der Waals surface area (Å²) >= 11 is 0. The van der Waals surface area contributed by atoms with Crippen LogP contribution in [0.5, 0.6) is 0 Å². The van der Waals surface area contributed by atoms with Gasteiger partial charge in [0.1, 0.15) is 11.2 Å². The summed E-state index contributed by atoms with van der Waals surface area (Å²) in [6.07, 6.45) is 17.1. The van der Waals surface area contributed by atoms with Gasteiger partial charge in [0.15, 0.2) is 34.7 Å². The lowest BCUT2D eigenvalue weighted by Gasteiger charge is -2.55. The first-order valence-electron chi connectivity index (χ1n) is 27.1. The van der Waals surface area contributed by atoms with Crippen LogP contribution in [0.1, 0.15) is 289 Å². The van der Waals surface area contributed by atoms with Crippen LogP contribution >= 0.6 is 0 Å². The Hall–Kier alpha value is -4.40. The Morgan fingerprint density at radius 3 is 1.03 bits per heavy atom. The molecule has 3 aromatic carbocycles. The van der Waals surface area contributed by atoms with Gasteiger partial charge in [0.05, 0.1) is 11.8 Å². The Labute approximate surface area is 404 Å². The molecule has 362 valence electrons. The SMILES string of the molecule is CCCCCC[C@@H]1c2cc3c4cc2[C@H](CCCCCC)C2(OCC)C(=O)c5cc6c(cc5C(=O)C12)C(=O)C1[C@H](CCCCCC)c2cc(c(cc2[C@H](CCCCCC)C1(OCC)C6=O)C4=O)C3=O. The van der Waals surface area contributed by atoms with Gasteiger partial charge < -0.3 is 9.47 Å². The molecule has 68 heavy (non-hydrogen) atoms. The van der Waals surface area contributed by atoms with Crippen LogP contribution < -0.4 is 0 Å². The van der Waals surface area contributed by atoms with E-state index in [-0.39, 0.29) is 70.2 Å². The summed E-state index contributed by atoms with van der Waals surface area (Å²) in [6, 6.07) is 10.9. The highest BCUT2D eigenvalue weighted by atomic mass is 16.5. The van der Waals surface area contributed by atoms with Crippen molar-refractivity contribution in [3.63, 3.8) is 0 Å². The van der Waals surface area contributed by atoms with Crippen molar-refractivity contribution in [2.75, 3.05) is 13.2 Å². The van der Waals surface area contributed by atoms with Crippen LogP contribution in [0, 0.1) is 11.8 Å². The number of carbonyl (C=O) groups excluding carboxylic acids is 6. The van der Waals surface area contributed by atoms with E-state index in [4.69, 9.17) is 9.47 Å². The van der Waals surface area contributed by atoms with Crippen molar-refractivity contribution in [2.24, 2.45) is 11.8 Å². The summed E-state index contributed by atoms with van der Waals surface area (Å²) in [5, 5.41) is 0. The topological polar surface area (TPSA) is 121 Å². The smallest absolute Gasteiger partial charge is 0.196 e. The Bertz CT molecular complexity index is 2360. The normalized spacial score (nSPS) is 26.9. The number of rotatable bonds is 24. The second-order valence-electron chi connectivity index (χ2n) is 21.2. The molecule has 5 aliphatic rings. The van der Waals surface area contributed by atoms with Crippen LogP contribution in [0.15, 0.2) is 36.4 Å². The fourth-order valence-electron chi connectivity index (χ4n) is 14.4. The fourth-order valence-corrected chi connectivity index (χ4v) is 14.4. The molecule has 4 unspecified atom stereocenters. The third kappa shape index (κ3) is 7.34. The van der Waals surface area contributed by atoms with E-state index in [0.717, 1.165) is 125 Å². The van der Waals surface area contributed by atoms with Gasteiger partial charge in [0, 0.05) is 69.6 Å².